The molecule has 0 aliphatic carbocycles. The molecule has 2 amide bonds. The molecule has 7 nitrogen and oxygen atoms in total. The van der Waals surface area contributed by atoms with Crippen molar-refractivity contribution in [1.82, 2.24) is 10.2 Å². The van der Waals surface area contributed by atoms with Crippen LogP contribution in [0.4, 0.5) is 18.9 Å². The van der Waals surface area contributed by atoms with Gasteiger partial charge < -0.3 is 10.2 Å². The zero-order chi connectivity index (χ0) is 29.7. The largest absolute Gasteiger partial charge is 0.416 e. The maximum atomic E-state index is 13.8. The number of hydrogen-bond acceptors (Lipinski definition) is 4. The van der Waals surface area contributed by atoms with Gasteiger partial charge in [-0.1, -0.05) is 47.5 Å². The summed E-state index contributed by atoms with van der Waals surface area (Å²) in [6.07, 6.45) is -4.75. The van der Waals surface area contributed by atoms with Crippen molar-refractivity contribution in [2.75, 3.05) is 17.4 Å². The van der Waals surface area contributed by atoms with E-state index in [4.69, 9.17) is 11.6 Å². The Bertz CT molecular complexity index is 1460. The van der Waals surface area contributed by atoms with Crippen LogP contribution in [-0.4, -0.2) is 44.3 Å². The lowest BCUT2D eigenvalue weighted by Crippen LogP contribution is -2.51. The summed E-state index contributed by atoms with van der Waals surface area (Å²) in [5.41, 5.74) is -0.0849. The molecule has 0 aromatic heterocycles. The number of nitrogens with one attached hydrogen (secondary N) is 1. The number of anilines is 1. The van der Waals surface area contributed by atoms with Gasteiger partial charge in [0.15, 0.2) is 0 Å². The van der Waals surface area contributed by atoms with Gasteiger partial charge in [-0.25, -0.2) is 8.42 Å². The van der Waals surface area contributed by atoms with E-state index in [-0.39, 0.29) is 17.1 Å². The van der Waals surface area contributed by atoms with Gasteiger partial charge in [-0.2, -0.15) is 13.2 Å². The van der Waals surface area contributed by atoms with Gasteiger partial charge in [0.25, 0.3) is 10.0 Å². The predicted octanol–water partition coefficient (Wildman–Crippen LogP) is 5.42. The molecule has 3 rings (SSSR count). The molecule has 1 atom stereocenters. The van der Waals surface area contributed by atoms with Gasteiger partial charge in [-0.3, -0.25) is 13.9 Å². The molecule has 12 heteroatoms. The van der Waals surface area contributed by atoms with Gasteiger partial charge >= 0.3 is 6.18 Å². The molecule has 3 aromatic carbocycles. The monoisotopic (exact) mass is 595 g/mol. The standard InChI is InChI=1S/C28H29ClF3N3O4S/c1-4-33-27(37)20(3)34(17-21-7-5-9-23(29)15-21)26(36)18-35(24-10-6-8-22(16-24)28(30,31)32)40(38,39)25-13-11-19(2)12-14-25/h5-16,20H,4,17-18H2,1-3H3,(H,33,37)/t20-/m0/s1. The Morgan fingerprint density at radius 2 is 1.65 bits per heavy atom. The van der Waals surface area contributed by atoms with Gasteiger partial charge in [-0.15, -0.1) is 0 Å². The second-order valence-corrected chi connectivity index (χ2v) is 11.4. The molecule has 1 N–H and O–H groups in total. The predicted molar refractivity (Wildman–Crippen MR) is 147 cm³/mol. The van der Waals surface area contributed by atoms with E-state index in [2.05, 4.69) is 5.32 Å². The summed E-state index contributed by atoms with van der Waals surface area (Å²) in [4.78, 5) is 27.4. The molecule has 0 spiro atoms. The van der Waals surface area contributed by atoms with Crippen LogP contribution in [0.5, 0.6) is 0 Å². The molecule has 0 saturated carbocycles. The molecule has 40 heavy (non-hydrogen) atoms. The first-order chi connectivity index (χ1) is 18.7. The smallest absolute Gasteiger partial charge is 0.355 e. The van der Waals surface area contributed by atoms with Crippen LogP contribution in [0.3, 0.4) is 0 Å². The summed E-state index contributed by atoms with van der Waals surface area (Å²) in [7, 11) is -4.50. The van der Waals surface area contributed by atoms with Crippen LogP contribution in [-0.2, 0) is 32.3 Å². The van der Waals surface area contributed by atoms with Crippen LogP contribution in [0, 0.1) is 6.92 Å². The molecule has 0 saturated heterocycles. The lowest BCUT2D eigenvalue weighted by Gasteiger charge is -2.32. The van der Waals surface area contributed by atoms with E-state index in [1.807, 2.05) is 0 Å². The van der Waals surface area contributed by atoms with E-state index in [0.717, 1.165) is 17.7 Å². The Morgan fingerprint density at radius 1 is 1.00 bits per heavy atom. The quantitative estimate of drug-likeness (QED) is 0.339. The fourth-order valence-corrected chi connectivity index (χ4v) is 5.56. The van der Waals surface area contributed by atoms with Crippen molar-refractivity contribution in [2.45, 2.75) is 44.4 Å². The number of rotatable bonds is 10. The van der Waals surface area contributed by atoms with Crippen LogP contribution in [0.2, 0.25) is 5.02 Å². The van der Waals surface area contributed by atoms with Crippen molar-refractivity contribution in [3.05, 3.63) is 94.5 Å². The first-order valence-electron chi connectivity index (χ1n) is 12.3. The molecule has 0 bridgehead atoms. The van der Waals surface area contributed by atoms with Crippen LogP contribution in [0.1, 0.15) is 30.5 Å². The summed E-state index contributed by atoms with van der Waals surface area (Å²) >= 11 is 6.09. The molecule has 0 heterocycles. The van der Waals surface area contributed by atoms with Crippen LogP contribution >= 0.6 is 11.6 Å². The van der Waals surface area contributed by atoms with E-state index >= 15 is 0 Å². The van der Waals surface area contributed by atoms with Crippen molar-refractivity contribution >= 4 is 39.1 Å². The minimum absolute atomic E-state index is 0.0985. The summed E-state index contributed by atoms with van der Waals surface area (Å²) in [6.45, 7) is 4.27. The zero-order valence-electron chi connectivity index (χ0n) is 22.1. The number of likely N-dealkylation sites (N-methyl/N-ethyl adjacent to an activating group) is 1. The van der Waals surface area contributed by atoms with Crippen molar-refractivity contribution in [3.63, 3.8) is 0 Å². The van der Waals surface area contributed by atoms with E-state index in [0.29, 0.717) is 27.5 Å². The average Bonchev–Trinajstić information content (AvgIpc) is 2.89. The third kappa shape index (κ3) is 7.54. The zero-order valence-corrected chi connectivity index (χ0v) is 23.6. The Kier molecular flexibility index (Phi) is 9.86. The average molecular weight is 596 g/mol. The lowest BCUT2D eigenvalue weighted by molar-refractivity contribution is -0.139. The Hall–Kier alpha value is -3.57. The number of nitrogens with zero attached hydrogens (tertiary/aromatic N) is 2. The number of sulfonamides is 1. The number of alkyl halides is 3. The summed E-state index contributed by atoms with van der Waals surface area (Å²) in [5, 5.41) is 3.02. The van der Waals surface area contributed by atoms with Gasteiger partial charge in [-0.05, 0) is 68.8 Å². The van der Waals surface area contributed by atoms with Gasteiger partial charge in [0, 0.05) is 18.1 Å². The van der Waals surface area contributed by atoms with Crippen LogP contribution in [0.25, 0.3) is 0 Å². The van der Waals surface area contributed by atoms with Crippen molar-refractivity contribution in [1.29, 1.82) is 0 Å². The number of benzene rings is 3. The lowest BCUT2D eigenvalue weighted by atomic mass is 10.1. The number of hydrogen-bond donors (Lipinski definition) is 1. The normalized spacial score (nSPS) is 12.5. The molecule has 3 aromatic rings. The number of halogens is 4. The highest BCUT2D eigenvalue weighted by atomic mass is 35.5. The summed E-state index contributed by atoms with van der Waals surface area (Å²) in [6, 6.07) is 15.0. The molecule has 214 valence electrons. The molecule has 0 unspecified atom stereocenters. The Labute approximate surface area is 236 Å². The highest BCUT2D eigenvalue weighted by Crippen LogP contribution is 2.33. The number of carbonyl (C=O) groups is 2. The molecular formula is C28H29ClF3N3O4S. The molecule has 0 aliphatic rings. The van der Waals surface area contributed by atoms with Gasteiger partial charge in [0.05, 0.1) is 16.1 Å². The summed E-state index contributed by atoms with van der Waals surface area (Å²) < 4.78 is 68.7. The number of carbonyl (C=O) groups excluding carboxylic acids is 2. The van der Waals surface area contributed by atoms with Crippen molar-refractivity contribution in [2.24, 2.45) is 0 Å². The topological polar surface area (TPSA) is 86.8 Å². The fourth-order valence-electron chi connectivity index (χ4n) is 3.94. The highest BCUT2D eigenvalue weighted by molar-refractivity contribution is 7.92. The third-order valence-electron chi connectivity index (χ3n) is 6.11. The first-order valence-corrected chi connectivity index (χ1v) is 14.1. The highest BCUT2D eigenvalue weighted by Gasteiger charge is 2.35. The van der Waals surface area contributed by atoms with Crippen molar-refractivity contribution in [3.8, 4) is 0 Å². The minimum Gasteiger partial charge on any atom is -0.355 e. The number of aryl methyl sites for hydroxylation is 1. The number of amides is 2. The first kappa shape index (κ1) is 31.0. The van der Waals surface area contributed by atoms with Crippen LogP contribution < -0.4 is 9.62 Å². The van der Waals surface area contributed by atoms with E-state index in [9.17, 15) is 31.2 Å². The molecule has 0 aliphatic heterocycles. The third-order valence-corrected chi connectivity index (χ3v) is 8.13. The van der Waals surface area contributed by atoms with Crippen molar-refractivity contribution < 1.29 is 31.2 Å². The Morgan fingerprint density at radius 3 is 2.25 bits per heavy atom. The van der Waals surface area contributed by atoms with Gasteiger partial charge in [0.2, 0.25) is 11.8 Å². The summed E-state index contributed by atoms with van der Waals surface area (Å²) in [5.74, 6) is -1.28. The molecule has 0 fully saturated rings. The Balaban J connectivity index is 2.09. The van der Waals surface area contributed by atoms with E-state index in [1.165, 1.54) is 30.0 Å². The molecule has 0 radical (unpaired) electrons. The van der Waals surface area contributed by atoms with E-state index in [1.54, 1.807) is 50.2 Å². The SMILES string of the molecule is CCNC(=O)[C@H](C)N(Cc1cccc(Cl)c1)C(=O)CN(c1cccc(C(F)(F)F)c1)S(=O)(=O)c1ccc(C)cc1. The molecular weight excluding hydrogens is 567 g/mol. The second-order valence-electron chi connectivity index (χ2n) is 9.09. The van der Waals surface area contributed by atoms with Crippen LogP contribution in [0.15, 0.2) is 77.7 Å². The van der Waals surface area contributed by atoms with E-state index < -0.39 is 46.2 Å². The maximum Gasteiger partial charge on any atom is 0.416 e. The fraction of sp³-hybridized carbons (Fsp3) is 0.286. The maximum absolute atomic E-state index is 13.8. The minimum atomic E-state index is -4.75. The second kappa shape index (κ2) is 12.7. The van der Waals surface area contributed by atoms with Gasteiger partial charge in [0.1, 0.15) is 12.6 Å².